The summed E-state index contributed by atoms with van der Waals surface area (Å²) in [5.74, 6) is -0.127. The lowest BCUT2D eigenvalue weighted by Crippen LogP contribution is -2.09. The number of benzene rings is 1. The third kappa shape index (κ3) is 3.04. The van der Waals surface area contributed by atoms with Crippen LogP contribution >= 0.6 is 11.3 Å². The Morgan fingerprint density at radius 2 is 2.12 bits per heavy atom. The van der Waals surface area contributed by atoms with Crippen LogP contribution in [0.15, 0.2) is 36.5 Å². The summed E-state index contributed by atoms with van der Waals surface area (Å²) in [6.07, 6.45) is 1.58. The Bertz CT molecular complexity index is 495. The van der Waals surface area contributed by atoms with Crippen LogP contribution in [0.25, 0.3) is 0 Å². The van der Waals surface area contributed by atoms with Gasteiger partial charge >= 0.3 is 0 Å². The van der Waals surface area contributed by atoms with Gasteiger partial charge in [0, 0.05) is 12.2 Å². The van der Waals surface area contributed by atoms with E-state index in [2.05, 4.69) is 15.6 Å². The minimum Gasteiger partial charge on any atom is -0.362 e. The lowest BCUT2D eigenvalue weighted by atomic mass is 10.3. The van der Waals surface area contributed by atoms with Gasteiger partial charge < -0.3 is 10.6 Å². The summed E-state index contributed by atoms with van der Waals surface area (Å²) in [6, 6.07) is 9.37. The van der Waals surface area contributed by atoms with Crippen LogP contribution in [0, 0.1) is 0 Å². The summed E-state index contributed by atoms with van der Waals surface area (Å²) < 4.78 is 0. The summed E-state index contributed by atoms with van der Waals surface area (Å²) >= 11 is 1.35. The lowest BCUT2D eigenvalue weighted by Gasteiger charge is -2.01. The van der Waals surface area contributed by atoms with Crippen molar-refractivity contribution in [3.05, 3.63) is 41.4 Å². The van der Waals surface area contributed by atoms with Crippen LogP contribution in [0.5, 0.6) is 0 Å². The van der Waals surface area contributed by atoms with Crippen LogP contribution in [0.2, 0.25) is 0 Å². The Balaban J connectivity index is 2.04. The molecule has 0 spiro atoms. The Labute approximate surface area is 104 Å². The van der Waals surface area contributed by atoms with E-state index in [4.69, 9.17) is 0 Å². The predicted octanol–water partition coefficient (Wildman–Crippen LogP) is 2.83. The van der Waals surface area contributed by atoms with Crippen LogP contribution in [-0.4, -0.2) is 17.4 Å². The molecule has 0 fully saturated rings. The van der Waals surface area contributed by atoms with Crippen molar-refractivity contribution in [3.63, 3.8) is 0 Å². The fraction of sp³-hybridized carbons (Fsp3) is 0.167. The second-order valence-corrected chi connectivity index (χ2v) is 4.41. The van der Waals surface area contributed by atoms with Crippen molar-refractivity contribution in [1.82, 2.24) is 4.98 Å². The highest BCUT2D eigenvalue weighted by Gasteiger charge is 2.10. The van der Waals surface area contributed by atoms with E-state index < -0.39 is 0 Å². The second kappa shape index (κ2) is 5.45. The summed E-state index contributed by atoms with van der Waals surface area (Å²) in [5, 5.41) is 6.66. The first-order valence-corrected chi connectivity index (χ1v) is 6.17. The van der Waals surface area contributed by atoms with Crippen LogP contribution in [-0.2, 0) is 0 Å². The van der Waals surface area contributed by atoms with Gasteiger partial charge in [-0.05, 0) is 19.1 Å². The smallest absolute Gasteiger partial charge is 0.267 e. The molecule has 2 rings (SSSR count). The first kappa shape index (κ1) is 11.6. The molecule has 1 aromatic carbocycles. The normalized spacial score (nSPS) is 9.94. The van der Waals surface area contributed by atoms with Gasteiger partial charge in [0.2, 0.25) is 0 Å². The van der Waals surface area contributed by atoms with E-state index in [0.29, 0.717) is 4.88 Å². The monoisotopic (exact) mass is 247 g/mol. The van der Waals surface area contributed by atoms with Gasteiger partial charge in [-0.15, -0.1) is 0 Å². The number of nitrogens with one attached hydrogen (secondary N) is 2. The highest BCUT2D eigenvalue weighted by molar-refractivity contribution is 7.17. The number of carbonyl (C=O) groups is 1. The number of aromatic nitrogens is 1. The number of anilines is 2. The molecule has 0 aliphatic carbocycles. The Kier molecular flexibility index (Phi) is 3.72. The van der Waals surface area contributed by atoms with Gasteiger partial charge in [-0.2, -0.15) is 0 Å². The molecule has 1 heterocycles. The molecule has 0 radical (unpaired) electrons. The van der Waals surface area contributed by atoms with E-state index in [-0.39, 0.29) is 5.91 Å². The van der Waals surface area contributed by atoms with E-state index in [1.165, 1.54) is 11.3 Å². The van der Waals surface area contributed by atoms with Crippen LogP contribution in [0.3, 0.4) is 0 Å². The Morgan fingerprint density at radius 1 is 1.35 bits per heavy atom. The highest BCUT2D eigenvalue weighted by atomic mass is 32.1. The average Bonchev–Trinajstić information content (AvgIpc) is 2.79. The topological polar surface area (TPSA) is 54.0 Å². The van der Waals surface area contributed by atoms with E-state index in [1.54, 1.807) is 6.20 Å². The standard InChI is InChI=1S/C12H13N3OS/c1-2-13-12-14-8-10(17-12)11(16)15-9-6-4-3-5-7-9/h3-8H,2H2,1H3,(H,13,14)(H,15,16). The minimum atomic E-state index is -0.127. The van der Waals surface area contributed by atoms with E-state index >= 15 is 0 Å². The SMILES string of the molecule is CCNc1ncc(C(=O)Nc2ccccc2)s1. The van der Waals surface area contributed by atoms with Crippen LogP contribution in [0.1, 0.15) is 16.6 Å². The number of carbonyl (C=O) groups excluding carboxylic acids is 1. The van der Waals surface area contributed by atoms with Gasteiger partial charge in [0.1, 0.15) is 4.88 Å². The van der Waals surface area contributed by atoms with Crippen molar-refractivity contribution in [3.8, 4) is 0 Å². The van der Waals surface area contributed by atoms with Crippen molar-refractivity contribution >= 4 is 28.1 Å². The molecule has 4 nitrogen and oxygen atoms in total. The van der Waals surface area contributed by atoms with Gasteiger partial charge in [-0.1, -0.05) is 29.5 Å². The number of para-hydroxylation sites is 1. The van der Waals surface area contributed by atoms with E-state index in [1.807, 2.05) is 37.3 Å². The quantitative estimate of drug-likeness (QED) is 0.873. The number of hydrogen-bond acceptors (Lipinski definition) is 4. The molecule has 0 unspecified atom stereocenters. The van der Waals surface area contributed by atoms with Gasteiger partial charge in [-0.25, -0.2) is 4.98 Å². The number of hydrogen-bond donors (Lipinski definition) is 2. The molecule has 17 heavy (non-hydrogen) atoms. The minimum absolute atomic E-state index is 0.127. The maximum absolute atomic E-state index is 11.9. The first-order valence-electron chi connectivity index (χ1n) is 5.35. The third-order valence-electron chi connectivity index (χ3n) is 2.09. The number of amides is 1. The number of nitrogens with zero attached hydrogens (tertiary/aromatic N) is 1. The van der Waals surface area contributed by atoms with Crippen molar-refractivity contribution in [1.29, 1.82) is 0 Å². The predicted molar refractivity (Wildman–Crippen MR) is 70.7 cm³/mol. The molecule has 0 aliphatic rings. The molecule has 2 N–H and O–H groups in total. The Morgan fingerprint density at radius 3 is 2.82 bits per heavy atom. The maximum atomic E-state index is 11.9. The zero-order valence-electron chi connectivity index (χ0n) is 9.43. The second-order valence-electron chi connectivity index (χ2n) is 3.38. The van der Waals surface area contributed by atoms with Gasteiger partial charge in [0.15, 0.2) is 5.13 Å². The molecule has 0 bridgehead atoms. The van der Waals surface area contributed by atoms with Gasteiger partial charge in [-0.3, -0.25) is 4.79 Å². The molecule has 1 aromatic heterocycles. The summed E-state index contributed by atoms with van der Waals surface area (Å²) in [6.45, 7) is 2.79. The average molecular weight is 247 g/mol. The molecule has 2 aromatic rings. The number of thiazole rings is 1. The van der Waals surface area contributed by atoms with Gasteiger partial charge in [0.05, 0.1) is 6.20 Å². The molecule has 1 amide bonds. The molecular formula is C12H13N3OS. The third-order valence-corrected chi connectivity index (χ3v) is 3.04. The maximum Gasteiger partial charge on any atom is 0.267 e. The Hall–Kier alpha value is -1.88. The zero-order valence-corrected chi connectivity index (χ0v) is 10.3. The van der Waals surface area contributed by atoms with Crippen molar-refractivity contribution in [2.45, 2.75) is 6.92 Å². The fourth-order valence-electron chi connectivity index (χ4n) is 1.33. The van der Waals surface area contributed by atoms with Crippen molar-refractivity contribution in [2.24, 2.45) is 0 Å². The summed E-state index contributed by atoms with van der Waals surface area (Å²) in [7, 11) is 0. The highest BCUT2D eigenvalue weighted by Crippen LogP contribution is 2.19. The van der Waals surface area contributed by atoms with Crippen molar-refractivity contribution < 1.29 is 4.79 Å². The summed E-state index contributed by atoms with van der Waals surface area (Å²) in [4.78, 5) is 16.6. The van der Waals surface area contributed by atoms with Gasteiger partial charge in [0.25, 0.3) is 5.91 Å². The van der Waals surface area contributed by atoms with Crippen LogP contribution < -0.4 is 10.6 Å². The molecule has 0 saturated heterocycles. The van der Waals surface area contributed by atoms with Crippen molar-refractivity contribution in [2.75, 3.05) is 17.2 Å². The summed E-state index contributed by atoms with van der Waals surface area (Å²) in [5.41, 5.74) is 0.788. The molecule has 88 valence electrons. The zero-order chi connectivity index (χ0) is 12.1. The van der Waals surface area contributed by atoms with Crippen LogP contribution in [0.4, 0.5) is 10.8 Å². The van der Waals surface area contributed by atoms with E-state index in [9.17, 15) is 4.79 Å². The molecule has 0 saturated carbocycles. The largest absolute Gasteiger partial charge is 0.362 e. The molecule has 5 heteroatoms. The lowest BCUT2D eigenvalue weighted by molar-refractivity contribution is 0.103. The molecular weight excluding hydrogens is 234 g/mol. The van der Waals surface area contributed by atoms with E-state index in [0.717, 1.165) is 17.4 Å². The molecule has 0 atom stereocenters. The number of rotatable bonds is 4. The molecule has 0 aliphatic heterocycles. The first-order chi connectivity index (χ1) is 8.29. The fourth-order valence-corrected chi connectivity index (χ4v) is 2.11.